The minimum atomic E-state index is -0.996. The summed E-state index contributed by atoms with van der Waals surface area (Å²) >= 11 is 4.58. The van der Waals surface area contributed by atoms with Crippen LogP contribution in [-0.4, -0.2) is 29.7 Å². The highest BCUT2D eigenvalue weighted by molar-refractivity contribution is 9.10. The summed E-state index contributed by atoms with van der Waals surface area (Å²) in [7, 11) is 1.57. The van der Waals surface area contributed by atoms with E-state index < -0.39 is 5.97 Å². The van der Waals surface area contributed by atoms with Gasteiger partial charge >= 0.3 is 5.97 Å². The molecule has 22 heavy (non-hydrogen) atoms. The fraction of sp³-hybridized carbons (Fsp3) is 0.125. The molecule has 0 bridgehead atoms. The van der Waals surface area contributed by atoms with Crippen LogP contribution < -0.4 is 4.74 Å². The molecule has 2 aromatic rings. The van der Waals surface area contributed by atoms with Crippen molar-refractivity contribution in [2.75, 3.05) is 12.9 Å². The van der Waals surface area contributed by atoms with Crippen molar-refractivity contribution in [3.8, 4) is 5.75 Å². The third-order valence-corrected chi connectivity index (χ3v) is 4.33. The van der Waals surface area contributed by atoms with Crippen LogP contribution in [0.25, 0.3) is 0 Å². The average Bonchev–Trinajstić information content (AvgIpc) is 2.52. The van der Waals surface area contributed by atoms with Gasteiger partial charge in [-0.05, 0) is 42.5 Å². The van der Waals surface area contributed by atoms with E-state index in [9.17, 15) is 9.59 Å². The van der Waals surface area contributed by atoms with Crippen LogP contribution in [0.3, 0.4) is 0 Å². The second-order valence-corrected chi connectivity index (χ2v) is 6.39. The van der Waals surface area contributed by atoms with Crippen molar-refractivity contribution in [1.82, 2.24) is 0 Å². The van der Waals surface area contributed by atoms with Gasteiger partial charge in [-0.15, -0.1) is 11.8 Å². The van der Waals surface area contributed by atoms with Crippen LogP contribution >= 0.6 is 27.7 Å². The highest BCUT2D eigenvalue weighted by Crippen LogP contribution is 2.25. The number of Topliss-reactive ketones (excluding diaryl/α,β-unsaturated/α-hetero) is 1. The lowest BCUT2D eigenvalue weighted by Crippen LogP contribution is -2.02. The molecule has 0 aliphatic carbocycles. The Kier molecular flexibility index (Phi) is 5.63. The summed E-state index contributed by atoms with van der Waals surface area (Å²) in [4.78, 5) is 23.9. The van der Waals surface area contributed by atoms with Crippen molar-refractivity contribution in [3.63, 3.8) is 0 Å². The first-order valence-electron chi connectivity index (χ1n) is 6.33. The number of rotatable bonds is 6. The molecule has 0 aliphatic heterocycles. The Hall–Kier alpha value is -1.79. The second kappa shape index (κ2) is 7.47. The number of hydrogen-bond acceptors (Lipinski definition) is 4. The quantitative estimate of drug-likeness (QED) is 0.602. The lowest BCUT2D eigenvalue weighted by molar-refractivity contribution is 0.0696. The molecule has 0 spiro atoms. The number of ether oxygens (including phenoxy) is 1. The fourth-order valence-electron chi connectivity index (χ4n) is 1.78. The zero-order chi connectivity index (χ0) is 16.1. The highest BCUT2D eigenvalue weighted by atomic mass is 79.9. The van der Waals surface area contributed by atoms with Gasteiger partial charge in [0, 0.05) is 14.9 Å². The van der Waals surface area contributed by atoms with Crippen LogP contribution in [0.4, 0.5) is 0 Å². The van der Waals surface area contributed by atoms with Crippen molar-refractivity contribution in [2.24, 2.45) is 0 Å². The number of carbonyl (C=O) groups excluding carboxylic acids is 1. The number of methoxy groups -OCH3 is 1. The predicted octanol–water partition coefficient (Wildman–Crippen LogP) is 4.13. The molecule has 0 atom stereocenters. The van der Waals surface area contributed by atoms with E-state index in [0.29, 0.717) is 15.8 Å². The maximum atomic E-state index is 12.1. The summed E-state index contributed by atoms with van der Waals surface area (Å²) in [5, 5.41) is 9.03. The number of carboxylic acids is 1. The van der Waals surface area contributed by atoms with Crippen LogP contribution in [0.2, 0.25) is 0 Å². The van der Waals surface area contributed by atoms with Crippen LogP contribution in [-0.2, 0) is 0 Å². The number of thioether (sulfide) groups is 1. The van der Waals surface area contributed by atoms with Gasteiger partial charge < -0.3 is 9.84 Å². The average molecular weight is 381 g/mol. The third kappa shape index (κ3) is 4.35. The second-order valence-electron chi connectivity index (χ2n) is 4.42. The van der Waals surface area contributed by atoms with Gasteiger partial charge in [-0.2, -0.15) is 0 Å². The molecule has 0 amide bonds. The Labute approximate surface area is 140 Å². The number of carbonyl (C=O) groups is 2. The molecule has 114 valence electrons. The summed E-state index contributed by atoms with van der Waals surface area (Å²) in [6.45, 7) is 0. The summed E-state index contributed by atoms with van der Waals surface area (Å²) in [6.07, 6.45) is 0. The standard InChI is InChI=1S/C16H13BrO4S/c1-21-13-4-2-10(3-5-13)15(18)9-22-14-7-11(16(19)20)6-12(17)8-14/h2-8H,9H2,1H3,(H,19,20). The normalized spacial score (nSPS) is 10.3. The lowest BCUT2D eigenvalue weighted by atomic mass is 10.1. The van der Waals surface area contributed by atoms with Crippen LogP contribution in [0.5, 0.6) is 5.75 Å². The third-order valence-electron chi connectivity index (χ3n) is 2.90. The highest BCUT2D eigenvalue weighted by Gasteiger charge is 2.10. The largest absolute Gasteiger partial charge is 0.497 e. The van der Waals surface area contributed by atoms with Crippen LogP contribution in [0, 0.1) is 0 Å². The molecular weight excluding hydrogens is 368 g/mol. The van der Waals surface area contributed by atoms with Crippen LogP contribution in [0.1, 0.15) is 20.7 Å². The number of benzene rings is 2. The Morgan fingerprint density at radius 2 is 1.82 bits per heavy atom. The number of aromatic carboxylic acids is 1. The summed E-state index contributed by atoms with van der Waals surface area (Å²) in [6, 6.07) is 11.8. The van der Waals surface area contributed by atoms with E-state index in [2.05, 4.69) is 15.9 Å². The molecule has 2 aromatic carbocycles. The molecular formula is C16H13BrO4S. The van der Waals surface area contributed by atoms with E-state index >= 15 is 0 Å². The van der Waals surface area contributed by atoms with Crippen molar-refractivity contribution in [3.05, 3.63) is 58.1 Å². The molecule has 0 aliphatic rings. The number of hydrogen-bond donors (Lipinski definition) is 1. The van der Waals surface area contributed by atoms with E-state index in [1.807, 2.05) is 0 Å². The Morgan fingerprint density at radius 3 is 2.41 bits per heavy atom. The van der Waals surface area contributed by atoms with Gasteiger partial charge in [0.1, 0.15) is 5.75 Å². The van der Waals surface area contributed by atoms with Gasteiger partial charge in [0.15, 0.2) is 5.78 Å². The molecule has 6 heteroatoms. The van der Waals surface area contributed by atoms with Gasteiger partial charge in [-0.3, -0.25) is 4.79 Å². The first-order chi connectivity index (χ1) is 10.5. The van der Waals surface area contributed by atoms with Crippen LogP contribution in [0.15, 0.2) is 51.8 Å². The van der Waals surface area contributed by atoms with E-state index in [1.165, 1.54) is 17.8 Å². The molecule has 0 aromatic heterocycles. The first-order valence-corrected chi connectivity index (χ1v) is 8.11. The van der Waals surface area contributed by atoms with Crippen molar-refractivity contribution >= 4 is 39.4 Å². The first kappa shape index (κ1) is 16.6. The number of carboxylic acid groups (broad SMARTS) is 1. The molecule has 0 unspecified atom stereocenters. The molecule has 1 N–H and O–H groups in total. The maximum Gasteiger partial charge on any atom is 0.335 e. The van der Waals surface area contributed by atoms with Gasteiger partial charge in [0.25, 0.3) is 0 Å². The molecule has 0 radical (unpaired) electrons. The summed E-state index contributed by atoms with van der Waals surface area (Å²) in [5.74, 6) is -0.0848. The maximum absolute atomic E-state index is 12.1. The van der Waals surface area contributed by atoms with Crippen molar-refractivity contribution in [1.29, 1.82) is 0 Å². The van der Waals surface area contributed by atoms with E-state index in [1.54, 1.807) is 43.5 Å². The van der Waals surface area contributed by atoms with Crippen molar-refractivity contribution in [2.45, 2.75) is 4.90 Å². The summed E-state index contributed by atoms with van der Waals surface area (Å²) < 4.78 is 5.72. The smallest absolute Gasteiger partial charge is 0.335 e. The Balaban J connectivity index is 2.05. The van der Waals surface area contributed by atoms with E-state index in [0.717, 1.165) is 4.90 Å². The van der Waals surface area contributed by atoms with E-state index in [-0.39, 0.29) is 17.1 Å². The summed E-state index contributed by atoms with van der Waals surface area (Å²) in [5.41, 5.74) is 0.788. The minimum Gasteiger partial charge on any atom is -0.497 e. The van der Waals surface area contributed by atoms with Gasteiger partial charge in [0.2, 0.25) is 0 Å². The Bertz CT molecular complexity index is 698. The van der Waals surface area contributed by atoms with Gasteiger partial charge in [0.05, 0.1) is 18.4 Å². The monoisotopic (exact) mass is 380 g/mol. The molecule has 0 fully saturated rings. The molecule has 0 heterocycles. The molecule has 2 rings (SSSR count). The topological polar surface area (TPSA) is 63.6 Å². The fourth-order valence-corrected chi connectivity index (χ4v) is 3.31. The molecule has 0 saturated carbocycles. The Morgan fingerprint density at radius 1 is 1.14 bits per heavy atom. The van der Waals surface area contributed by atoms with E-state index in [4.69, 9.17) is 9.84 Å². The SMILES string of the molecule is COc1ccc(C(=O)CSc2cc(Br)cc(C(=O)O)c2)cc1. The van der Waals surface area contributed by atoms with Gasteiger partial charge in [-0.25, -0.2) is 4.79 Å². The lowest BCUT2D eigenvalue weighted by Gasteiger charge is -2.05. The number of halogens is 1. The zero-order valence-electron chi connectivity index (χ0n) is 11.7. The number of ketones is 1. The van der Waals surface area contributed by atoms with Gasteiger partial charge in [-0.1, -0.05) is 15.9 Å². The molecule has 0 saturated heterocycles. The zero-order valence-corrected chi connectivity index (χ0v) is 14.1. The molecule has 4 nitrogen and oxygen atoms in total. The minimum absolute atomic E-state index is 0.0236. The van der Waals surface area contributed by atoms with Crippen molar-refractivity contribution < 1.29 is 19.4 Å². The predicted molar refractivity (Wildman–Crippen MR) is 89.1 cm³/mol.